The van der Waals surface area contributed by atoms with Crippen LogP contribution in [0.25, 0.3) is 22.8 Å². The Hall–Kier alpha value is -2.64. The number of thioether (sulfide) groups is 1. The van der Waals surface area contributed by atoms with Crippen molar-refractivity contribution < 1.29 is 4.52 Å². The highest BCUT2D eigenvalue weighted by atomic mass is 35.5. The fourth-order valence-electron chi connectivity index (χ4n) is 3.00. The van der Waals surface area contributed by atoms with Crippen LogP contribution in [0.1, 0.15) is 24.6 Å². The van der Waals surface area contributed by atoms with Crippen LogP contribution in [0.4, 0.5) is 0 Å². The van der Waals surface area contributed by atoms with Crippen LogP contribution in [0.15, 0.2) is 64.4 Å². The van der Waals surface area contributed by atoms with Crippen molar-refractivity contribution >= 4 is 23.4 Å². The molecular weight excluding hydrogens is 394 g/mol. The van der Waals surface area contributed by atoms with Crippen molar-refractivity contribution in [3.05, 3.63) is 65.4 Å². The van der Waals surface area contributed by atoms with E-state index in [1.165, 1.54) is 0 Å². The van der Waals surface area contributed by atoms with Gasteiger partial charge in [0.2, 0.25) is 0 Å². The summed E-state index contributed by atoms with van der Waals surface area (Å²) >= 11 is 7.67. The van der Waals surface area contributed by atoms with E-state index in [9.17, 15) is 0 Å². The van der Waals surface area contributed by atoms with Gasteiger partial charge in [-0.15, -0.1) is 10.2 Å². The molecule has 8 heteroatoms. The summed E-state index contributed by atoms with van der Waals surface area (Å²) in [5, 5.41) is 14.5. The molecule has 1 aliphatic rings. The van der Waals surface area contributed by atoms with Crippen LogP contribution in [-0.2, 0) is 5.75 Å². The number of pyridine rings is 1. The van der Waals surface area contributed by atoms with E-state index in [0.717, 1.165) is 40.8 Å². The molecule has 1 fully saturated rings. The quantitative estimate of drug-likeness (QED) is 0.404. The summed E-state index contributed by atoms with van der Waals surface area (Å²) < 4.78 is 7.68. The molecule has 1 saturated carbocycles. The van der Waals surface area contributed by atoms with Gasteiger partial charge in [-0.2, -0.15) is 0 Å². The monoisotopic (exact) mass is 409 g/mol. The summed E-state index contributed by atoms with van der Waals surface area (Å²) in [6.07, 6.45) is 4.07. The molecule has 0 radical (unpaired) electrons. The van der Waals surface area contributed by atoms with Crippen molar-refractivity contribution in [3.8, 4) is 22.8 Å². The summed E-state index contributed by atoms with van der Waals surface area (Å²) in [5.41, 5.74) is 2.61. The molecule has 1 aromatic carbocycles. The maximum absolute atomic E-state index is 6.06. The van der Waals surface area contributed by atoms with E-state index in [-0.39, 0.29) is 0 Å². The van der Waals surface area contributed by atoms with Crippen LogP contribution in [-0.4, -0.2) is 24.9 Å². The standard InChI is InChI=1S/C20H16ClN5OS/c21-14-5-3-4-13(10-14)18-11-15(25-27-18)12-28-20-24-23-19(26(20)16-7-8-16)17-6-1-2-9-22-17/h1-6,9-11,16H,7-8,12H2. The molecule has 0 saturated heterocycles. The largest absolute Gasteiger partial charge is 0.356 e. The Morgan fingerprint density at radius 2 is 2.04 bits per heavy atom. The first-order valence-corrected chi connectivity index (χ1v) is 10.3. The predicted octanol–water partition coefficient (Wildman–Crippen LogP) is 5.28. The number of benzene rings is 1. The van der Waals surface area contributed by atoms with Gasteiger partial charge in [0, 0.05) is 34.6 Å². The molecule has 0 aliphatic heterocycles. The normalized spacial score (nSPS) is 13.8. The summed E-state index contributed by atoms with van der Waals surface area (Å²) in [7, 11) is 0. The predicted molar refractivity (Wildman–Crippen MR) is 108 cm³/mol. The molecule has 0 atom stereocenters. The zero-order chi connectivity index (χ0) is 18.9. The highest BCUT2D eigenvalue weighted by Crippen LogP contribution is 2.41. The van der Waals surface area contributed by atoms with Crippen LogP contribution in [0.5, 0.6) is 0 Å². The van der Waals surface area contributed by atoms with Crippen LogP contribution in [0.2, 0.25) is 5.02 Å². The molecule has 28 heavy (non-hydrogen) atoms. The van der Waals surface area contributed by atoms with Gasteiger partial charge in [0.25, 0.3) is 0 Å². The van der Waals surface area contributed by atoms with Crippen molar-refractivity contribution in [2.75, 3.05) is 0 Å². The topological polar surface area (TPSA) is 69.6 Å². The zero-order valence-electron chi connectivity index (χ0n) is 14.8. The fraction of sp³-hybridized carbons (Fsp3) is 0.200. The summed E-state index contributed by atoms with van der Waals surface area (Å²) in [5.74, 6) is 2.18. The molecule has 1 aliphatic carbocycles. The van der Waals surface area contributed by atoms with Gasteiger partial charge in [-0.1, -0.05) is 46.7 Å². The molecule has 0 unspecified atom stereocenters. The van der Waals surface area contributed by atoms with Crippen LogP contribution >= 0.6 is 23.4 Å². The average molecular weight is 410 g/mol. The average Bonchev–Trinajstić information content (AvgIpc) is 3.29. The van der Waals surface area contributed by atoms with Gasteiger partial charge in [-0.3, -0.25) is 9.55 Å². The molecule has 5 rings (SSSR count). The Kier molecular flexibility index (Phi) is 4.62. The van der Waals surface area contributed by atoms with E-state index in [1.54, 1.807) is 18.0 Å². The number of nitrogens with zero attached hydrogens (tertiary/aromatic N) is 5. The number of hydrogen-bond donors (Lipinski definition) is 0. The van der Waals surface area contributed by atoms with Crippen molar-refractivity contribution in [1.29, 1.82) is 0 Å². The van der Waals surface area contributed by atoms with Gasteiger partial charge in [0.1, 0.15) is 5.69 Å². The van der Waals surface area contributed by atoms with Crippen molar-refractivity contribution in [2.24, 2.45) is 0 Å². The minimum Gasteiger partial charge on any atom is -0.356 e. The van der Waals surface area contributed by atoms with Gasteiger partial charge in [-0.25, -0.2) is 0 Å². The maximum Gasteiger partial charge on any atom is 0.192 e. The van der Waals surface area contributed by atoms with Crippen LogP contribution < -0.4 is 0 Å². The maximum atomic E-state index is 6.06. The van der Waals surface area contributed by atoms with E-state index in [4.69, 9.17) is 16.1 Å². The lowest BCUT2D eigenvalue weighted by Gasteiger charge is -2.07. The first-order chi connectivity index (χ1) is 13.8. The molecule has 3 aromatic heterocycles. The highest BCUT2D eigenvalue weighted by molar-refractivity contribution is 7.98. The lowest BCUT2D eigenvalue weighted by atomic mass is 10.2. The molecule has 0 amide bonds. The Morgan fingerprint density at radius 3 is 2.82 bits per heavy atom. The minimum atomic E-state index is 0.453. The molecule has 0 spiro atoms. The van der Waals surface area contributed by atoms with Crippen molar-refractivity contribution in [2.45, 2.75) is 29.8 Å². The molecule has 140 valence electrons. The van der Waals surface area contributed by atoms with Crippen molar-refractivity contribution in [1.82, 2.24) is 24.9 Å². The third-order valence-corrected chi connectivity index (χ3v) is 5.70. The second-order valence-corrected chi connectivity index (χ2v) is 7.98. The molecule has 4 aromatic rings. The lowest BCUT2D eigenvalue weighted by Crippen LogP contribution is -2.00. The van der Waals surface area contributed by atoms with Gasteiger partial charge >= 0.3 is 0 Å². The van der Waals surface area contributed by atoms with Crippen LogP contribution in [0, 0.1) is 0 Å². The van der Waals surface area contributed by atoms with E-state index < -0.39 is 0 Å². The Balaban J connectivity index is 1.36. The number of halogens is 1. The summed E-state index contributed by atoms with van der Waals surface area (Å²) in [6.45, 7) is 0. The van der Waals surface area contributed by atoms with E-state index >= 15 is 0 Å². The first kappa shape index (κ1) is 17.5. The molecule has 3 heterocycles. The number of rotatable bonds is 6. The summed E-state index contributed by atoms with van der Waals surface area (Å²) in [4.78, 5) is 4.42. The van der Waals surface area contributed by atoms with Gasteiger partial charge in [0.15, 0.2) is 16.7 Å². The smallest absolute Gasteiger partial charge is 0.192 e. The van der Waals surface area contributed by atoms with Gasteiger partial charge in [-0.05, 0) is 37.1 Å². The number of aromatic nitrogens is 5. The van der Waals surface area contributed by atoms with Gasteiger partial charge < -0.3 is 4.52 Å². The molecular formula is C20H16ClN5OS. The third kappa shape index (κ3) is 3.55. The Labute approximate surface area is 170 Å². The lowest BCUT2D eigenvalue weighted by molar-refractivity contribution is 0.426. The highest BCUT2D eigenvalue weighted by Gasteiger charge is 2.30. The second kappa shape index (κ2) is 7.41. The second-order valence-electron chi connectivity index (χ2n) is 6.60. The fourth-order valence-corrected chi connectivity index (χ4v) is 4.08. The molecule has 0 N–H and O–H groups in total. The SMILES string of the molecule is Clc1cccc(-c2cc(CSc3nnc(-c4ccccn4)n3C3CC3)no2)c1. The number of hydrogen-bond acceptors (Lipinski definition) is 6. The first-order valence-electron chi connectivity index (χ1n) is 8.98. The third-order valence-electron chi connectivity index (χ3n) is 4.49. The minimum absolute atomic E-state index is 0.453. The zero-order valence-corrected chi connectivity index (χ0v) is 16.4. The van der Waals surface area contributed by atoms with E-state index in [1.807, 2.05) is 48.5 Å². The van der Waals surface area contributed by atoms with E-state index in [2.05, 4.69) is 24.9 Å². The molecule has 0 bridgehead atoms. The summed E-state index contributed by atoms with van der Waals surface area (Å²) in [6, 6.07) is 15.8. The van der Waals surface area contributed by atoms with Crippen molar-refractivity contribution in [3.63, 3.8) is 0 Å². The molecule has 6 nitrogen and oxygen atoms in total. The Morgan fingerprint density at radius 1 is 1.11 bits per heavy atom. The Bertz CT molecular complexity index is 1110. The van der Waals surface area contributed by atoms with Gasteiger partial charge in [0.05, 0.1) is 5.69 Å². The van der Waals surface area contributed by atoms with E-state index in [0.29, 0.717) is 22.6 Å². The van der Waals surface area contributed by atoms with Crippen LogP contribution in [0.3, 0.4) is 0 Å².